The molecule has 0 radical (unpaired) electrons. The van der Waals surface area contributed by atoms with Crippen LogP contribution in [0.4, 0.5) is 14.5 Å². The lowest BCUT2D eigenvalue weighted by Gasteiger charge is -2.17. The fourth-order valence-electron chi connectivity index (χ4n) is 1.77. The predicted molar refractivity (Wildman–Crippen MR) is 74.9 cm³/mol. The van der Waals surface area contributed by atoms with E-state index in [4.69, 9.17) is 23.2 Å². The fourth-order valence-corrected chi connectivity index (χ4v) is 2.27. The normalized spacial score (nSPS) is 12.3. The van der Waals surface area contributed by atoms with Crippen molar-refractivity contribution >= 4 is 28.9 Å². The molecule has 1 unspecified atom stereocenters. The highest BCUT2D eigenvalue weighted by molar-refractivity contribution is 6.31. The van der Waals surface area contributed by atoms with Crippen LogP contribution in [-0.2, 0) is 0 Å². The molecule has 0 aliphatic heterocycles. The Labute approximate surface area is 120 Å². The smallest absolute Gasteiger partial charge is 0.146 e. The van der Waals surface area contributed by atoms with Crippen LogP contribution in [0, 0.1) is 11.6 Å². The van der Waals surface area contributed by atoms with Gasteiger partial charge in [-0.3, -0.25) is 0 Å². The average molecular weight is 302 g/mol. The van der Waals surface area contributed by atoms with Gasteiger partial charge in [-0.2, -0.15) is 0 Å². The SMILES string of the molecule is CC(Nc1cc(Cl)ccc1F)c1ccc(F)cc1Cl. The molecule has 2 aromatic carbocycles. The van der Waals surface area contributed by atoms with Crippen LogP contribution < -0.4 is 5.32 Å². The van der Waals surface area contributed by atoms with Crippen molar-refractivity contribution in [3.05, 3.63) is 63.6 Å². The molecule has 0 aliphatic rings. The predicted octanol–water partition coefficient (Wildman–Crippen LogP) is 5.44. The molecule has 0 amide bonds. The zero-order valence-electron chi connectivity index (χ0n) is 10.1. The van der Waals surface area contributed by atoms with Gasteiger partial charge < -0.3 is 5.32 Å². The van der Waals surface area contributed by atoms with Gasteiger partial charge in [0.05, 0.1) is 11.7 Å². The van der Waals surface area contributed by atoms with Gasteiger partial charge in [0.25, 0.3) is 0 Å². The topological polar surface area (TPSA) is 12.0 Å². The van der Waals surface area contributed by atoms with Crippen molar-refractivity contribution in [3.63, 3.8) is 0 Å². The zero-order chi connectivity index (χ0) is 14.0. The summed E-state index contributed by atoms with van der Waals surface area (Å²) in [6.45, 7) is 1.81. The maximum absolute atomic E-state index is 13.6. The third-order valence-corrected chi connectivity index (χ3v) is 3.29. The van der Waals surface area contributed by atoms with E-state index in [2.05, 4.69) is 5.32 Å². The Bertz CT molecular complexity index is 602. The molecule has 5 heteroatoms. The first-order chi connectivity index (χ1) is 8.97. The van der Waals surface area contributed by atoms with Crippen molar-refractivity contribution in [2.24, 2.45) is 0 Å². The molecule has 0 saturated heterocycles. The highest BCUT2D eigenvalue weighted by Crippen LogP contribution is 2.28. The van der Waals surface area contributed by atoms with E-state index >= 15 is 0 Å². The maximum atomic E-state index is 13.6. The molecule has 1 N–H and O–H groups in total. The van der Waals surface area contributed by atoms with Crippen LogP contribution in [0.2, 0.25) is 10.0 Å². The molecule has 0 saturated carbocycles. The van der Waals surface area contributed by atoms with E-state index in [0.717, 1.165) is 0 Å². The number of nitrogens with one attached hydrogen (secondary N) is 1. The molecule has 0 aliphatic carbocycles. The lowest BCUT2D eigenvalue weighted by Crippen LogP contribution is -2.08. The van der Waals surface area contributed by atoms with Crippen LogP contribution in [0.25, 0.3) is 0 Å². The van der Waals surface area contributed by atoms with E-state index < -0.39 is 11.6 Å². The minimum absolute atomic E-state index is 0.277. The standard InChI is InChI=1S/C14H11Cl2F2N/c1-8(11-4-3-10(17)7-12(11)16)19-14-6-9(15)2-5-13(14)18/h2-8,19H,1H3. The average Bonchev–Trinajstić information content (AvgIpc) is 2.33. The van der Waals surface area contributed by atoms with Gasteiger partial charge in [-0.25, -0.2) is 8.78 Å². The van der Waals surface area contributed by atoms with Crippen LogP contribution in [0.15, 0.2) is 36.4 Å². The number of benzene rings is 2. The maximum Gasteiger partial charge on any atom is 0.146 e. The monoisotopic (exact) mass is 301 g/mol. The summed E-state index contributed by atoms with van der Waals surface area (Å²) in [5.41, 5.74) is 0.961. The Balaban J connectivity index is 2.25. The van der Waals surface area contributed by atoms with Gasteiger partial charge in [0.15, 0.2) is 0 Å². The summed E-state index contributed by atoms with van der Waals surface area (Å²) in [7, 11) is 0. The molecule has 1 atom stereocenters. The third kappa shape index (κ3) is 3.37. The van der Waals surface area contributed by atoms with Gasteiger partial charge >= 0.3 is 0 Å². The number of hydrogen-bond donors (Lipinski definition) is 1. The van der Waals surface area contributed by atoms with Gasteiger partial charge in [0.2, 0.25) is 0 Å². The minimum Gasteiger partial charge on any atom is -0.376 e. The van der Waals surface area contributed by atoms with Crippen molar-refractivity contribution in [2.75, 3.05) is 5.32 Å². The second-order valence-corrected chi connectivity index (χ2v) is 5.00. The summed E-state index contributed by atoms with van der Waals surface area (Å²) in [4.78, 5) is 0. The van der Waals surface area contributed by atoms with E-state index in [1.165, 1.54) is 30.3 Å². The van der Waals surface area contributed by atoms with Crippen molar-refractivity contribution in [3.8, 4) is 0 Å². The zero-order valence-corrected chi connectivity index (χ0v) is 11.6. The van der Waals surface area contributed by atoms with Crippen molar-refractivity contribution in [1.29, 1.82) is 0 Å². The molecule has 0 fully saturated rings. The summed E-state index contributed by atoms with van der Waals surface area (Å²) in [6, 6.07) is 8.07. The van der Waals surface area contributed by atoms with Crippen LogP contribution >= 0.6 is 23.2 Å². The molecule has 1 nitrogen and oxygen atoms in total. The lowest BCUT2D eigenvalue weighted by molar-refractivity contribution is 0.623. The lowest BCUT2D eigenvalue weighted by atomic mass is 10.1. The highest BCUT2D eigenvalue weighted by Gasteiger charge is 2.12. The summed E-state index contributed by atoms with van der Waals surface area (Å²) >= 11 is 11.8. The van der Waals surface area contributed by atoms with E-state index in [1.807, 2.05) is 0 Å². The first-order valence-corrected chi connectivity index (χ1v) is 6.39. The Hall–Kier alpha value is -1.32. The van der Waals surface area contributed by atoms with Gasteiger partial charge in [0, 0.05) is 10.0 Å². The molecular formula is C14H11Cl2F2N. The Morgan fingerprint density at radius 3 is 2.47 bits per heavy atom. The van der Waals surface area contributed by atoms with Crippen LogP contribution in [-0.4, -0.2) is 0 Å². The molecule has 19 heavy (non-hydrogen) atoms. The van der Waals surface area contributed by atoms with E-state index in [1.54, 1.807) is 13.0 Å². The third-order valence-electron chi connectivity index (χ3n) is 2.73. The van der Waals surface area contributed by atoms with E-state index in [-0.39, 0.29) is 11.7 Å². The molecule has 0 spiro atoms. The molecule has 0 bridgehead atoms. The number of anilines is 1. The Kier molecular flexibility index (Phi) is 4.27. The molecular weight excluding hydrogens is 291 g/mol. The summed E-state index contributed by atoms with van der Waals surface area (Å²) < 4.78 is 26.6. The van der Waals surface area contributed by atoms with Gasteiger partial charge in [-0.05, 0) is 42.8 Å². The van der Waals surface area contributed by atoms with Crippen molar-refractivity contribution in [2.45, 2.75) is 13.0 Å². The number of hydrogen-bond acceptors (Lipinski definition) is 1. The van der Waals surface area contributed by atoms with E-state index in [9.17, 15) is 8.78 Å². The minimum atomic E-state index is -0.408. The number of rotatable bonds is 3. The second kappa shape index (κ2) is 5.76. The molecule has 2 rings (SSSR count). The highest BCUT2D eigenvalue weighted by atomic mass is 35.5. The summed E-state index contributed by atoms with van der Waals surface area (Å²) in [5, 5.41) is 3.69. The van der Waals surface area contributed by atoms with Crippen LogP contribution in [0.5, 0.6) is 0 Å². The van der Waals surface area contributed by atoms with Crippen molar-refractivity contribution in [1.82, 2.24) is 0 Å². The first kappa shape index (κ1) is 14.1. The summed E-state index contributed by atoms with van der Waals surface area (Å²) in [6.07, 6.45) is 0. The Morgan fingerprint density at radius 2 is 1.79 bits per heavy atom. The van der Waals surface area contributed by atoms with Gasteiger partial charge in [0.1, 0.15) is 11.6 Å². The number of halogens is 4. The molecule has 0 heterocycles. The quantitative estimate of drug-likeness (QED) is 0.795. The largest absolute Gasteiger partial charge is 0.376 e. The van der Waals surface area contributed by atoms with Gasteiger partial charge in [-0.15, -0.1) is 0 Å². The van der Waals surface area contributed by atoms with Crippen LogP contribution in [0.1, 0.15) is 18.5 Å². The fraction of sp³-hybridized carbons (Fsp3) is 0.143. The molecule has 100 valence electrons. The second-order valence-electron chi connectivity index (χ2n) is 4.16. The first-order valence-electron chi connectivity index (χ1n) is 5.64. The molecule has 2 aromatic rings. The molecule has 0 aromatic heterocycles. The van der Waals surface area contributed by atoms with E-state index in [0.29, 0.717) is 15.6 Å². The van der Waals surface area contributed by atoms with Crippen molar-refractivity contribution < 1.29 is 8.78 Å². The summed E-state index contributed by atoms with van der Waals surface area (Å²) in [5.74, 6) is -0.815. The Morgan fingerprint density at radius 1 is 1.05 bits per heavy atom. The van der Waals surface area contributed by atoms with Crippen LogP contribution in [0.3, 0.4) is 0 Å². The van der Waals surface area contributed by atoms with Gasteiger partial charge in [-0.1, -0.05) is 29.3 Å².